The van der Waals surface area contributed by atoms with E-state index in [-0.39, 0.29) is 12.0 Å². The lowest BCUT2D eigenvalue weighted by molar-refractivity contribution is 0.154. The zero-order valence-electron chi connectivity index (χ0n) is 16.8. The molecule has 0 amide bonds. The predicted molar refractivity (Wildman–Crippen MR) is 117 cm³/mol. The third kappa shape index (κ3) is 4.13. The average Bonchev–Trinajstić information content (AvgIpc) is 2.72. The molecule has 1 heterocycles. The zero-order chi connectivity index (χ0) is 19.5. The molecular weight excluding hydrogens is 342 g/mol. The van der Waals surface area contributed by atoms with Gasteiger partial charge in [0.2, 0.25) is 0 Å². The Morgan fingerprint density at radius 2 is 1.21 bits per heavy atom. The third-order valence-corrected chi connectivity index (χ3v) is 5.81. The van der Waals surface area contributed by atoms with E-state index < -0.39 is 0 Å². The van der Waals surface area contributed by atoms with E-state index in [0.29, 0.717) is 0 Å². The van der Waals surface area contributed by atoms with Crippen LogP contribution in [0.2, 0.25) is 0 Å². The number of benzene rings is 3. The van der Waals surface area contributed by atoms with Crippen molar-refractivity contribution in [3.8, 4) is 0 Å². The lowest BCUT2D eigenvalue weighted by atomic mass is 9.84. The minimum atomic E-state index is -0.207. The molecule has 1 N–H and O–H groups in total. The van der Waals surface area contributed by atoms with Crippen molar-refractivity contribution in [1.29, 1.82) is 0 Å². The second kappa shape index (κ2) is 8.20. The first kappa shape index (κ1) is 18.8. The number of hydrogen-bond donors (Lipinski definition) is 1. The Kier molecular flexibility index (Phi) is 5.50. The topological polar surface area (TPSA) is 23.5 Å². The van der Waals surface area contributed by atoms with Gasteiger partial charge in [-0.1, -0.05) is 71.8 Å². The summed E-state index contributed by atoms with van der Waals surface area (Å²) in [6.07, 6.45) is 1.76. The molecule has 2 nitrogen and oxygen atoms in total. The van der Waals surface area contributed by atoms with E-state index in [4.69, 9.17) is 0 Å². The van der Waals surface area contributed by atoms with Crippen LogP contribution >= 0.6 is 0 Å². The number of hydrogen-bond acceptors (Lipinski definition) is 2. The number of piperidine rings is 1. The predicted octanol–water partition coefficient (Wildman–Crippen LogP) is 5.44. The Hall–Kier alpha value is -2.58. The first-order valence-electron chi connectivity index (χ1n) is 10.3. The molecule has 3 aromatic rings. The summed E-state index contributed by atoms with van der Waals surface area (Å²) in [5, 5.41) is 9.98. The van der Waals surface area contributed by atoms with Crippen LogP contribution in [-0.2, 0) is 0 Å². The Bertz CT molecular complexity index is 851. The molecule has 1 aliphatic heterocycles. The molecule has 0 bridgehead atoms. The van der Waals surface area contributed by atoms with Crippen LogP contribution in [0.3, 0.4) is 0 Å². The summed E-state index contributed by atoms with van der Waals surface area (Å²) in [5.74, 6) is 0.224. The average molecular weight is 372 g/mol. The first-order valence-corrected chi connectivity index (χ1v) is 10.3. The fourth-order valence-corrected chi connectivity index (χ4v) is 4.16. The van der Waals surface area contributed by atoms with E-state index in [0.717, 1.165) is 25.9 Å². The highest BCUT2D eigenvalue weighted by Gasteiger charge is 2.20. The molecule has 1 atom stereocenters. The fourth-order valence-electron chi connectivity index (χ4n) is 4.16. The van der Waals surface area contributed by atoms with Crippen molar-refractivity contribution in [3.05, 3.63) is 101 Å². The maximum atomic E-state index is 9.98. The van der Waals surface area contributed by atoms with Gasteiger partial charge in [-0.05, 0) is 55.5 Å². The Labute approximate surface area is 168 Å². The summed E-state index contributed by atoms with van der Waals surface area (Å²) in [4.78, 5) is 2.30. The van der Waals surface area contributed by atoms with Gasteiger partial charge in [-0.3, -0.25) is 0 Å². The van der Waals surface area contributed by atoms with E-state index in [1.165, 1.54) is 33.5 Å². The van der Waals surface area contributed by atoms with Gasteiger partial charge in [-0.15, -0.1) is 0 Å². The third-order valence-electron chi connectivity index (χ3n) is 5.81. The van der Waals surface area contributed by atoms with Crippen LogP contribution in [0.15, 0.2) is 72.8 Å². The minimum Gasteiger partial charge on any atom is -0.391 e. The van der Waals surface area contributed by atoms with Crippen molar-refractivity contribution in [2.45, 2.75) is 38.7 Å². The first-order chi connectivity index (χ1) is 13.6. The van der Waals surface area contributed by atoms with Crippen LogP contribution in [0, 0.1) is 13.8 Å². The van der Waals surface area contributed by atoms with Crippen LogP contribution in [0.4, 0.5) is 5.69 Å². The van der Waals surface area contributed by atoms with Crippen LogP contribution in [0.5, 0.6) is 0 Å². The number of aryl methyl sites for hydroxylation is 2. The summed E-state index contributed by atoms with van der Waals surface area (Å²) in [5.41, 5.74) is 7.70. The molecule has 28 heavy (non-hydrogen) atoms. The summed E-state index contributed by atoms with van der Waals surface area (Å²) in [7, 11) is 0. The van der Waals surface area contributed by atoms with E-state index >= 15 is 0 Å². The number of β-amino-alcohol motifs (C(OH)–C–C–N with tert-alkyl or cyclic N) is 1. The molecule has 1 fully saturated rings. The van der Waals surface area contributed by atoms with Gasteiger partial charge in [-0.2, -0.15) is 0 Å². The van der Waals surface area contributed by atoms with Gasteiger partial charge in [0, 0.05) is 24.7 Å². The molecule has 4 rings (SSSR count). The van der Waals surface area contributed by atoms with Crippen LogP contribution < -0.4 is 4.90 Å². The Balaban J connectivity index is 1.68. The number of aliphatic hydroxyl groups is 1. The van der Waals surface area contributed by atoms with Gasteiger partial charge < -0.3 is 10.0 Å². The molecule has 144 valence electrons. The summed E-state index contributed by atoms with van der Waals surface area (Å²) in [6.45, 7) is 6.02. The van der Waals surface area contributed by atoms with E-state index in [2.05, 4.69) is 91.5 Å². The van der Waals surface area contributed by atoms with Crippen molar-refractivity contribution in [1.82, 2.24) is 0 Å². The van der Waals surface area contributed by atoms with Crippen LogP contribution in [0.25, 0.3) is 0 Å². The monoisotopic (exact) mass is 371 g/mol. The molecule has 0 saturated carbocycles. The highest BCUT2D eigenvalue weighted by atomic mass is 16.3. The van der Waals surface area contributed by atoms with Crippen molar-refractivity contribution >= 4 is 5.69 Å². The second-order valence-corrected chi connectivity index (χ2v) is 8.09. The second-order valence-electron chi connectivity index (χ2n) is 8.09. The summed E-state index contributed by atoms with van der Waals surface area (Å²) >= 11 is 0. The SMILES string of the molecule is Cc1ccc(C(c2ccc(C)cc2)c2ccc(N3CCCC(O)C3)cc2)cc1. The standard InChI is InChI=1S/C26H29NO/c1-19-5-9-21(10-6-19)26(22-11-7-20(2)8-12-22)23-13-15-24(16-14-23)27-17-3-4-25(28)18-27/h5-16,25-26,28H,3-4,17-18H2,1-2H3. The molecule has 0 spiro atoms. The molecule has 0 aromatic heterocycles. The quantitative estimate of drug-likeness (QED) is 0.617. The van der Waals surface area contributed by atoms with Crippen molar-refractivity contribution in [2.24, 2.45) is 0 Å². The molecule has 3 aromatic carbocycles. The van der Waals surface area contributed by atoms with Crippen molar-refractivity contribution in [3.63, 3.8) is 0 Å². The van der Waals surface area contributed by atoms with Gasteiger partial charge in [0.25, 0.3) is 0 Å². The summed E-state index contributed by atoms with van der Waals surface area (Å²) < 4.78 is 0. The number of rotatable bonds is 4. The van der Waals surface area contributed by atoms with E-state index in [1.807, 2.05) is 0 Å². The largest absolute Gasteiger partial charge is 0.391 e. The molecule has 1 unspecified atom stereocenters. The molecule has 1 aliphatic rings. The van der Waals surface area contributed by atoms with E-state index in [9.17, 15) is 5.11 Å². The fraction of sp³-hybridized carbons (Fsp3) is 0.308. The Morgan fingerprint density at radius 3 is 1.68 bits per heavy atom. The van der Waals surface area contributed by atoms with Gasteiger partial charge in [0.1, 0.15) is 0 Å². The van der Waals surface area contributed by atoms with Gasteiger partial charge in [0.05, 0.1) is 6.10 Å². The highest BCUT2D eigenvalue weighted by molar-refractivity contribution is 5.52. The minimum absolute atomic E-state index is 0.207. The zero-order valence-corrected chi connectivity index (χ0v) is 16.8. The molecule has 2 heteroatoms. The lowest BCUT2D eigenvalue weighted by Crippen LogP contribution is -2.38. The molecule has 1 saturated heterocycles. The lowest BCUT2D eigenvalue weighted by Gasteiger charge is -2.32. The van der Waals surface area contributed by atoms with Gasteiger partial charge in [-0.25, -0.2) is 0 Å². The maximum Gasteiger partial charge on any atom is 0.0715 e. The summed E-state index contributed by atoms with van der Waals surface area (Å²) in [6, 6.07) is 26.7. The van der Waals surface area contributed by atoms with Crippen LogP contribution in [0.1, 0.15) is 46.6 Å². The van der Waals surface area contributed by atoms with Gasteiger partial charge in [0.15, 0.2) is 0 Å². The number of aliphatic hydroxyl groups excluding tert-OH is 1. The van der Waals surface area contributed by atoms with E-state index in [1.54, 1.807) is 0 Å². The number of anilines is 1. The van der Waals surface area contributed by atoms with Crippen LogP contribution in [-0.4, -0.2) is 24.3 Å². The van der Waals surface area contributed by atoms with Crippen molar-refractivity contribution < 1.29 is 5.11 Å². The number of nitrogens with zero attached hydrogens (tertiary/aromatic N) is 1. The van der Waals surface area contributed by atoms with Crippen molar-refractivity contribution in [2.75, 3.05) is 18.0 Å². The Morgan fingerprint density at radius 1 is 0.750 bits per heavy atom. The smallest absolute Gasteiger partial charge is 0.0715 e. The highest BCUT2D eigenvalue weighted by Crippen LogP contribution is 2.33. The maximum absolute atomic E-state index is 9.98. The molecular formula is C26H29NO. The molecule has 0 aliphatic carbocycles. The van der Waals surface area contributed by atoms with Gasteiger partial charge >= 0.3 is 0 Å². The normalized spacial score (nSPS) is 17.1. The molecule has 0 radical (unpaired) electrons.